The minimum atomic E-state index is -1.39. The monoisotopic (exact) mass is 277 g/mol. The predicted octanol–water partition coefficient (Wildman–Crippen LogP) is -0.788. The van der Waals surface area contributed by atoms with Gasteiger partial charge in [-0.25, -0.2) is 0 Å². The lowest BCUT2D eigenvalue weighted by Gasteiger charge is -2.19. The highest BCUT2D eigenvalue weighted by atomic mass is 16.4. The van der Waals surface area contributed by atoms with Crippen LogP contribution in [0.3, 0.4) is 0 Å². The quantitative estimate of drug-likeness (QED) is 0.344. The van der Waals surface area contributed by atoms with Gasteiger partial charge in [-0.05, 0) is 12.8 Å². The van der Waals surface area contributed by atoms with Crippen LogP contribution in [-0.2, 0) is 19.2 Å². The fraction of sp³-hybridized carbons (Fsp3) is 0.600. The fourth-order valence-electron chi connectivity index (χ4n) is 1.33. The van der Waals surface area contributed by atoms with Crippen molar-refractivity contribution in [3.8, 4) is 0 Å². The van der Waals surface area contributed by atoms with Crippen LogP contribution in [0.15, 0.2) is 0 Å². The Labute approximate surface area is 107 Å². The van der Waals surface area contributed by atoms with E-state index in [1.807, 2.05) is 0 Å². The Balaban J connectivity index is 4.56. The van der Waals surface area contributed by atoms with Crippen molar-refractivity contribution < 1.29 is 39.6 Å². The largest absolute Gasteiger partial charge is 0.481 e. The van der Waals surface area contributed by atoms with E-state index in [-0.39, 0.29) is 12.8 Å². The number of carboxylic acid groups (broad SMARTS) is 4. The van der Waals surface area contributed by atoms with E-state index in [4.69, 9.17) is 20.4 Å². The minimum absolute atomic E-state index is 0.290. The Bertz CT molecular complexity index is 333. The first kappa shape index (κ1) is 16.8. The number of rotatable bonds is 10. The first-order valence-corrected chi connectivity index (χ1v) is 5.39. The molecule has 0 rings (SSSR count). The van der Waals surface area contributed by atoms with E-state index in [2.05, 4.69) is 5.32 Å². The van der Waals surface area contributed by atoms with Crippen molar-refractivity contribution in [2.75, 3.05) is 0 Å². The zero-order valence-corrected chi connectivity index (χ0v) is 9.90. The zero-order valence-electron chi connectivity index (χ0n) is 9.90. The van der Waals surface area contributed by atoms with Gasteiger partial charge >= 0.3 is 23.9 Å². The summed E-state index contributed by atoms with van der Waals surface area (Å²) in [7, 11) is 0. The molecule has 0 aliphatic heterocycles. The molecule has 0 heterocycles. The predicted molar refractivity (Wildman–Crippen MR) is 59.7 cm³/mol. The molecule has 9 heteroatoms. The van der Waals surface area contributed by atoms with Gasteiger partial charge in [0.25, 0.3) is 0 Å². The van der Waals surface area contributed by atoms with Crippen LogP contribution in [0.4, 0.5) is 0 Å². The van der Waals surface area contributed by atoms with Crippen LogP contribution in [0.5, 0.6) is 0 Å². The molecule has 0 fully saturated rings. The molecule has 108 valence electrons. The van der Waals surface area contributed by atoms with Crippen molar-refractivity contribution >= 4 is 23.9 Å². The summed E-state index contributed by atoms with van der Waals surface area (Å²) in [6, 6.07) is -2.71. The topological polar surface area (TPSA) is 161 Å². The van der Waals surface area contributed by atoms with Crippen LogP contribution in [0, 0.1) is 0 Å². The van der Waals surface area contributed by atoms with Crippen molar-refractivity contribution in [1.29, 1.82) is 0 Å². The fourth-order valence-corrected chi connectivity index (χ4v) is 1.33. The van der Waals surface area contributed by atoms with E-state index >= 15 is 0 Å². The summed E-state index contributed by atoms with van der Waals surface area (Å²) in [4.78, 5) is 42.4. The van der Waals surface area contributed by atoms with Crippen LogP contribution in [0.1, 0.15) is 25.7 Å². The summed E-state index contributed by atoms with van der Waals surface area (Å²) >= 11 is 0. The molecule has 0 radical (unpaired) electrons. The third-order valence-electron chi connectivity index (χ3n) is 2.29. The second kappa shape index (κ2) is 8.03. The molecule has 0 spiro atoms. The molecular weight excluding hydrogens is 262 g/mol. The third-order valence-corrected chi connectivity index (χ3v) is 2.29. The minimum Gasteiger partial charge on any atom is -0.481 e. The standard InChI is InChI=1S/C10H15NO8/c12-7(13)3-1-5(9(16)17)11-6(10(18)19)2-4-8(14)15/h5-6,11H,1-4H2,(H,12,13)(H,14,15)(H,16,17)(H,18,19)/t5-,6?/m0/s1. The van der Waals surface area contributed by atoms with E-state index in [1.54, 1.807) is 0 Å². The Hall–Kier alpha value is -2.16. The number of aliphatic carboxylic acids is 4. The van der Waals surface area contributed by atoms with Gasteiger partial charge in [-0.1, -0.05) is 0 Å². The molecule has 0 aromatic rings. The third kappa shape index (κ3) is 7.71. The average molecular weight is 277 g/mol. The highest BCUT2D eigenvalue weighted by Crippen LogP contribution is 2.04. The van der Waals surface area contributed by atoms with E-state index < -0.39 is 48.8 Å². The molecule has 0 aliphatic rings. The van der Waals surface area contributed by atoms with E-state index in [1.165, 1.54) is 0 Å². The number of carboxylic acids is 4. The van der Waals surface area contributed by atoms with Gasteiger partial charge in [0.05, 0.1) is 0 Å². The molecule has 9 nitrogen and oxygen atoms in total. The van der Waals surface area contributed by atoms with Crippen molar-refractivity contribution in [3.63, 3.8) is 0 Å². The lowest BCUT2D eigenvalue weighted by Crippen LogP contribution is -2.47. The molecule has 0 saturated carbocycles. The first-order chi connectivity index (χ1) is 8.73. The van der Waals surface area contributed by atoms with E-state index in [0.717, 1.165) is 0 Å². The molecule has 5 N–H and O–H groups in total. The summed E-state index contributed by atoms with van der Waals surface area (Å²) in [6.45, 7) is 0. The van der Waals surface area contributed by atoms with E-state index in [9.17, 15) is 19.2 Å². The lowest BCUT2D eigenvalue weighted by atomic mass is 10.1. The number of hydrogen-bond donors (Lipinski definition) is 5. The molecule has 19 heavy (non-hydrogen) atoms. The molecule has 0 saturated heterocycles. The van der Waals surface area contributed by atoms with Gasteiger partial charge in [-0.2, -0.15) is 0 Å². The Morgan fingerprint density at radius 2 is 1.05 bits per heavy atom. The number of carbonyl (C=O) groups is 4. The smallest absolute Gasteiger partial charge is 0.320 e. The maximum atomic E-state index is 10.8. The second-order valence-electron chi connectivity index (χ2n) is 3.81. The van der Waals surface area contributed by atoms with Gasteiger partial charge < -0.3 is 20.4 Å². The Kier molecular flexibility index (Phi) is 7.12. The van der Waals surface area contributed by atoms with Gasteiger partial charge in [-0.3, -0.25) is 24.5 Å². The summed E-state index contributed by atoms with van der Waals surface area (Å²) < 4.78 is 0. The molecule has 0 aromatic carbocycles. The average Bonchev–Trinajstić information content (AvgIpc) is 2.26. The van der Waals surface area contributed by atoms with Crippen molar-refractivity contribution in [2.45, 2.75) is 37.8 Å². The Morgan fingerprint density at radius 3 is 1.26 bits per heavy atom. The highest BCUT2D eigenvalue weighted by molar-refractivity contribution is 5.78. The molecule has 0 aromatic heterocycles. The summed E-state index contributed by atoms with van der Waals surface area (Å²) in [5, 5.41) is 36.8. The summed E-state index contributed by atoms with van der Waals surface area (Å²) in [6.07, 6.45) is -1.45. The van der Waals surface area contributed by atoms with Crippen LogP contribution in [0.25, 0.3) is 0 Å². The normalized spacial score (nSPS) is 13.5. The molecule has 0 aliphatic carbocycles. The van der Waals surface area contributed by atoms with Gasteiger partial charge in [0, 0.05) is 12.8 Å². The SMILES string of the molecule is O=C(O)CCC(N[C@@H](CCC(=O)O)C(=O)O)C(=O)O. The van der Waals surface area contributed by atoms with Crippen LogP contribution in [0.2, 0.25) is 0 Å². The van der Waals surface area contributed by atoms with Gasteiger partial charge in [0.1, 0.15) is 12.1 Å². The van der Waals surface area contributed by atoms with E-state index in [0.29, 0.717) is 0 Å². The van der Waals surface area contributed by atoms with Crippen molar-refractivity contribution in [1.82, 2.24) is 5.32 Å². The number of hydrogen-bond acceptors (Lipinski definition) is 5. The first-order valence-electron chi connectivity index (χ1n) is 5.39. The molecule has 0 amide bonds. The van der Waals surface area contributed by atoms with Gasteiger partial charge in [0.2, 0.25) is 0 Å². The van der Waals surface area contributed by atoms with Crippen LogP contribution in [-0.4, -0.2) is 56.4 Å². The molecule has 0 bridgehead atoms. The maximum Gasteiger partial charge on any atom is 0.320 e. The Morgan fingerprint density at radius 1 is 0.737 bits per heavy atom. The van der Waals surface area contributed by atoms with Crippen LogP contribution < -0.4 is 5.32 Å². The molecular formula is C10H15NO8. The second-order valence-corrected chi connectivity index (χ2v) is 3.81. The summed E-state index contributed by atoms with van der Waals surface area (Å²) in [5.74, 6) is -5.18. The van der Waals surface area contributed by atoms with Crippen molar-refractivity contribution in [3.05, 3.63) is 0 Å². The number of nitrogens with one attached hydrogen (secondary N) is 1. The highest BCUT2D eigenvalue weighted by Gasteiger charge is 2.26. The zero-order chi connectivity index (χ0) is 15.0. The van der Waals surface area contributed by atoms with Gasteiger partial charge in [-0.15, -0.1) is 0 Å². The van der Waals surface area contributed by atoms with Crippen LogP contribution >= 0.6 is 0 Å². The summed E-state index contributed by atoms with van der Waals surface area (Å²) in [5.41, 5.74) is 0. The molecule has 1 unspecified atom stereocenters. The van der Waals surface area contributed by atoms with Crippen molar-refractivity contribution in [2.24, 2.45) is 0 Å². The lowest BCUT2D eigenvalue weighted by molar-refractivity contribution is -0.143. The molecule has 2 atom stereocenters. The van der Waals surface area contributed by atoms with Gasteiger partial charge in [0.15, 0.2) is 0 Å². The maximum absolute atomic E-state index is 10.8.